The molecule has 4 rings (SSSR count). The molecule has 1 saturated heterocycles. The number of ether oxygens (including phenoxy) is 1. The Bertz CT molecular complexity index is 919. The zero-order valence-electron chi connectivity index (χ0n) is 14.2. The van der Waals surface area contributed by atoms with Crippen LogP contribution in [0, 0.1) is 5.41 Å². The van der Waals surface area contributed by atoms with E-state index in [1.54, 1.807) is 20.4 Å². The molecular formula is C16H21N5O3S. The molecule has 1 aromatic carbocycles. The lowest BCUT2D eigenvalue weighted by Gasteiger charge is -2.60. The minimum absolute atomic E-state index is 0.00807. The minimum Gasteiger partial charge on any atom is -0.497 e. The molecule has 25 heavy (non-hydrogen) atoms. The van der Waals surface area contributed by atoms with Crippen molar-refractivity contribution in [3.63, 3.8) is 0 Å². The van der Waals surface area contributed by atoms with E-state index in [0.29, 0.717) is 0 Å². The highest BCUT2D eigenvalue weighted by molar-refractivity contribution is 7.86. The molecule has 0 radical (unpaired) electrons. The molecule has 0 unspecified atom stereocenters. The minimum atomic E-state index is -3.61. The maximum atomic E-state index is 11.4. The molecule has 8 nitrogen and oxygen atoms in total. The standard InChI is InChI=1S/C16H21N5O3S/c1-20(25(17,22)23)11-6-16(7-11)9-21(10-16)15-8-18-19-14-5-12(24-2)3-4-13(14)15/h3-5,8,11H,6-7,9-10H2,1-2H3,(H2,17,22,23). The van der Waals surface area contributed by atoms with Gasteiger partial charge in [0.2, 0.25) is 0 Å². The van der Waals surface area contributed by atoms with Gasteiger partial charge < -0.3 is 9.64 Å². The number of hydrogen-bond acceptors (Lipinski definition) is 6. The molecule has 0 bridgehead atoms. The van der Waals surface area contributed by atoms with Crippen molar-refractivity contribution in [2.75, 3.05) is 32.1 Å². The molecule has 1 aliphatic heterocycles. The lowest BCUT2D eigenvalue weighted by atomic mass is 9.60. The second-order valence-corrected chi connectivity index (χ2v) is 8.70. The number of nitrogens with two attached hydrogens (primary N) is 1. The van der Waals surface area contributed by atoms with Crippen molar-refractivity contribution in [2.24, 2.45) is 10.6 Å². The fraction of sp³-hybridized carbons (Fsp3) is 0.500. The zero-order valence-corrected chi connectivity index (χ0v) is 15.0. The maximum Gasteiger partial charge on any atom is 0.276 e. The van der Waals surface area contributed by atoms with Crippen LogP contribution in [0.4, 0.5) is 5.69 Å². The van der Waals surface area contributed by atoms with Crippen LogP contribution >= 0.6 is 0 Å². The van der Waals surface area contributed by atoms with E-state index >= 15 is 0 Å². The van der Waals surface area contributed by atoms with Crippen LogP contribution in [-0.2, 0) is 10.2 Å². The van der Waals surface area contributed by atoms with Gasteiger partial charge in [0.1, 0.15) is 5.75 Å². The van der Waals surface area contributed by atoms with Crippen LogP contribution in [0.2, 0.25) is 0 Å². The number of fused-ring (bicyclic) bond motifs is 1. The number of rotatable bonds is 4. The van der Waals surface area contributed by atoms with E-state index in [4.69, 9.17) is 9.88 Å². The van der Waals surface area contributed by atoms with Crippen molar-refractivity contribution >= 4 is 26.8 Å². The second kappa shape index (κ2) is 5.52. The quantitative estimate of drug-likeness (QED) is 0.860. The Morgan fingerprint density at radius 3 is 2.72 bits per heavy atom. The number of hydrogen-bond donors (Lipinski definition) is 1. The van der Waals surface area contributed by atoms with Crippen molar-refractivity contribution in [2.45, 2.75) is 18.9 Å². The summed E-state index contributed by atoms with van der Waals surface area (Å²) < 4.78 is 29.4. The summed E-state index contributed by atoms with van der Waals surface area (Å²) >= 11 is 0. The van der Waals surface area contributed by atoms with E-state index in [2.05, 4.69) is 15.1 Å². The summed E-state index contributed by atoms with van der Waals surface area (Å²) in [5.74, 6) is 0.756. The Labute approximate surface area is 146 Å². The SMILES string of the molecule is COc1ccc2c(N3CC4(CC(N(C)S(N)(=O)=O)C4)C3)cnnc2c1. The Morgan fingerprint density at radius 1 is 1.36 bits per heavy atom. The Morgan fingerprint density at radius 2 is 2.08 bits per heavy atom. The molecule has 0 atom stereocenters. The van der Waals surface area contributed by atoms with Crippen LogP contribution in [0.5, 0.6) is 5.75 Å². The Hall–Kier alpha value is -1.97. The van der Waals surface area contributed by atoms with Crippen molar-refractivity contribution < 1.29 is 13.2 Å². The maximum absolute atomic E-state index is 11.4. The predicted molar refractivity (Wildman–Crippen MR) is 94.6 cm³/mol. The molecule has 9 heteroatoms. The monoisotopic (exact) mass is 363 g/mol. The average molecular weight is 363 g/mol. The number of benzene rings is 1. The summed E-state index contributed by atoms with van der Waals surface area (Å²) in [5.41, 5.74) is 2.05. The van der Waals surface area contributed by atoms with Gasteiger partial charge in [0.25, 0.3) is 10.2 Å². The normalized spacial score (nSPS) is 19.9. The van der Waals surface area contributed by atoms with Crippen molar-refractivity contribution in [1.29, 1.82) is 0 Å². The molecule has 2 fully saturated rings. The van der Waals surface area contributed by atoms with Crippen LogP contribution < -0.4 is 14.8 Å². The topological polar surface area (TPSA) is 102 Å². The first-order valence-corrected chi connectivity index (χ1v) is 9.62. The van der Waals surface area contributed by atoms with Gasteiger partial charge >= 0.3 is 0 Å². The molecule has 1 spiro atoms. The molecule has 1 aliphatic carbocycles. The summed E-state index contributed by atoms with van der Waals surface area (Å²) in [6.45, 7) is 1.80. The van der Waals surface area contributed by atoms with Gasteiger partial charge in [0.05, 0.1) is 24.5 Å². The largest absolute Gasteiger partial charge is 0.497 e. The van der Waals surface area contributed by atoms with Gasteiger partial charge in [-0.1, -0.05) is 0 Å². The van der Waals surface area contributed by atoms with Gasteiger partial charge in [-0.3, -0.25) is 0 Å². The number of aromatic nitrogens is 2. The van der Waals surface area contributed by atoms with Gasteiger partial charge in [0, 0.05) is 43.0 Å². The summed E-state index contributed by atoms with van der Waals surface area (Å²) in [7, 11) is -0.428. The van der Waals surface area contributed by atoms with Crippen LogP contribution in [0.15, 0.2) is 24.4 Å². The highest BCUT2D eigenvalue weighted by atomic mass is 32.2. The second-order valence-electron chi connectivity index (χ2n) is 7.09. The Balaban J connectivity index is 1.48. The highest BCUT2D eigenvalue weighted by Gasteiger charge is 2.54. The summed E-state index contributed by atoms with van der Waals surface area (Å²) in [6, 6.07) is 5.81. The third-order valence-electron chi connectivity index (χ3n) is 5.47. The first kappa shape index (κ1) is 16.5. The van der Waals surface area contributed by atoms with Gasteiger partial charge in [-0.05, 0) is 25.0 Å². The van der Waals surface area contributed by atoms with E-state index in [0.717, 1.165) is 48.3 Å². The van der Waals surface area contributed by atoms with Crippen LogP contribution in [0.1, 0.15) is 12.8 Å². The van der Waals surface area contributed by atoms with Crippen molar-refractivity contribution in [3.05, 3.63) is 24.4 Å². The number of nitrogens with zero attached hydrogens (tertiary/aromatic N) is 4. The first-order chi connectivity index (χ1) is 11.8. The van der Waals surface area contributed by atoms with Crippen LogP contribution in [0.3, 0.4) is 0 Å². The summed E-state index contributed by atoms with van der Waals surface area (Å²) in [6.07, 6.45) is 3.48. The van der Waals surface area contributed by atoms with Crippen molar-refractivity contribution in [3.8, 4) is 5.75 Å². The summed E-state index contributed by atoms with van der Waals surface area (Å²) in [4.78, 5) is 2.27. The highest BCUT2D eigenvalue weighted by Crippen LogP contribution is 2.52. The van der Waals surface area contributed by atoms with Crippen molar-refractivity contribution in [1.82, 2.24) is 14.5 Å². The molecule has 2 N–H and O–H groups in total. The molecule has 134 valence electrons. The molecule has 0 amide bonds. The number of methoxy groups -OCH3 is 1. The molecule has 2 aliphatic rings. The average Bonchev–Trinajstić information content (AvgIpc) is 2.50. The van der Waals surface area contributed by atoms with E-state index in [1.165, 1.54) is 4.31 Å². The van der Waals surface area contributed by atoms with E-state index in [9.17, 15) is 8.42 Å². The molecule has 2 heterocycles. The molecule has 1 aromatic heterocycles. The lowest BCUT2D eigenvalue weighted by molar-refractivity contribution is 0.0212. The third kappa shape index (κ3) is 2.72. The fourth-order valence-corrected chi connectivity index (χ4v) is 4.57. The molecule has 1 saturated carbocycles. The molecule has 2 aromatic rings. The number of anilines is 1. The smallest absolute Gasteiger partial charge is 0.276 e. The predicted octanol–water partition coefficient (Wildman–Crippen LogP) is 0.743. The van der Waals surface area contributed by atoms with Crippen LogP contribution in [-0.4, -0.2) is 56.2 Å². The van der Waals surface area contributed by atoms with Gasteiger partial charge in [-0.25, -0.2) is 5.14 Å². The third-order valence-corrected chi connectivity index (χ3v) is 6.57. The molecular weight excluding hydrogens is 342 g/mol. The zero-order chi connectivity index (χ0) is 17.8. The van der Waals surface area contributed by atoms with Gasteiger partial charge in [0.15, 0.2) is 0 Å². The summed E-state index contributed by atoms with van der Waals surface area (Å²) in [5, 5.41) is 14.5. The van der Waals surface area contributed by atoms with E-state index in [-0.39, 0.29) is 11.5 Å². The van der Waals surface area contributed by atoms with Gasteiger partial charge in [-0.15, -0.1) is 0 Å². The Kier molecular flexibility index (Phi) is 3.64. The first-order valence-electron chi connectivity index (χ1n) is 8.11. The van der Waals surface area contributed by atoms with E-state index in [1.807, 2.05) is 18.2 Å². The van der Waals surface area contributed by atoms with Gasteiger partial charge in [-0.2, -0.15) is 22.9 Å². The van der Waals surface area contributed by atoms with E-state index < -0.39 is 10.2 Å². The lowest BCUT2D eigenvalue weighted by Crippen LogP contribution is -2.67. The fourth-order valence-electron chi connectivity index (χ4n) is 4.00. The van der Waals surface area contributed by atoms with Crippen LogP contribution in [0.25, 0.3) is 10.9 Å².